The van der Waals surface area contributed by atoms with Crippen molar-refractivity contribution in [2.75, 3.05) is 12.8 Å². The molecule has 6 heteroatoms. The summed E-state index contributed by atoms with van der Waals surface area (Å²) in [5, 5.41) is 8.78. The van der Waals surface area contributed by atoms with E-state index in [1.807, 2.05) is 0 Å². The summed E-state index contributed by atoms with van der Waals surface area (Å²) in [6.07, 6.45) is 3.92. The molecule has 0 aliphatic heterocycles. The molecule has 1 aromatic rings. The first-order valence-corrected chi connectivity index (χ1v) is 4.29. The minimum absolute atomic E-state index is 0.0669. The maximum absolute atomic E-state index is 10.8. The molecule has 84 valence electrons. The maximum Gasteiger partial charge on any atom is 0.339 e. The van der Waals surface area contributed by atoms with Gasteiger partial charge in [-0.3, -0.25) is 0 Å². The van der Waals surface area contributed by atoms with Crippen LogP contribution in [0.1, 0.15) is 15.9 Å². The summed E-state index contributed by atoms with van der Waals surface area (Å²) < 4.78 is 4.39. The van der Waals surface area contributed by atoms with E-state index in [9.17, 15) is 9.59 Å². The van der Waals surface area contributed by atoms with E-state index in [0.29, 0.717) is 5.56 Å². The fraction of sp³-hybridized carbons (Fsp3) is 0.100. The van der Waals surface area contributed by atoms with Crippen molar-refractivity contribution < 1.29 is 19.4 Å². The summed E-state index contributed by atoms with van der Waals surface area (Å²) in [5.74, 6) is -1.77. The predicted octanol–water partition coefficient (Wildman–Crippen LogP) is 0.548. The zero-order valence-electron chi connectivity index (χ0n) is 8.51. The summed E-state index contributed by atoms with van der Waals surface area (Å²) in [6, 6.07) is 1.32. The number of nitrogen functional groups attached to an aromatic ring is 1. The van der Waals surface area contributed by atoms with Crippen molar-refractivity contribution in [3.63, 3.8) is 0 Å². The number of hydrogen-bond acceptors (Lipinski definition) is 5. The summed E-state index contributed by atoms with van der Waals surface area (Å²) in [6.45, 7) is 0. The Kier molecular flexibility index (Phi) is 3.60. The maximum atomic E-state index is 10.8. The van der Waals surface area contributed by atoms with Gasteiger partial charge in [0.25, 0.3) is 0 Å². The summed E-state index contributed by atoms with van der Waals surface area (Å²) in [7, 11) is 1.25. The van der Waals surface area contributed by atoms with Gasteiger partial charge in [-0.25, -0.2) is 14.6 Å². The fourth-order valence-corrected chi connectivity index (χ4v) is 0.986. The zero-order chi connectivity index (χ0) is 12.1. The van der Waals surface area contributed by atoms with Crippen molar-refractivity contribution >= 4 is 23.8 Å². The molecular formula is C10H10N2O4. The largest absolute Gasteiger partial charge is 0.478 e. The van der Waals surface area contributed by atoms with Crippen LogP contribution in [0.5, 0.6) is 0 Å². The Morgan fingerprint density at radius 1 is 1.56 bits per heavy atom. The second-order valence-electron chi connectivity index (χ2n) is 2.86. The number of carboxylic acid groups (broad SMARTS) is 1. The molecule has 1 aromatic heterocycles. The van der Waals surface area contributed by atoms with Gasteiger partial charge >= 0.3 is 11.9 Å². The number of nitrogens with zero attached hydrogens (tertiary/aromatic N) is 1. The Labute approximate surface area is 91.4 Å². The van der Waals surface area contributed by atoms with Gasteiger partial charge in [0.2, 0.25) is 0 Å². The molecular weight excluding hydrogens is 212 g/mol. The molecule has 0 aliphatic carbocycles. The molecule has 0 spiro atoms. The van der Waals surface area contributed by atoms with Crippen LogP contribution >= 0.6 is 0 Å². The van der Waals surface area contributed by atoms with Gasteiger partial charge in [0, 0.05) is 12.3 Å². The summed E-state index contributed by atoms with van der Waals surface area (Å²) >= 11 is 0. The fourth-order valence-electron chi connectivity index (χ4n) is 0.986. The van der Waals surface area contributed by atoms with Crippen LogP contribution in [0.2, 0.25) is 0 Å². The second-order valence-corrected chi connectivity index (χ2v) is 2.86. The highest BCUT2D eigenvalue weighted by Crippen LogP contribution is 2.11. The third-order valence-corrected chi connectivity index (χ3v) is 1.78. The van der Waals surface area contributed by atoms with Crippen LogP contribution in [0.4, 0.5) is 5.82 Å². The van der Waals surface area contributed by atoms with Gasteiger partial charge in [0.1, 0.15) is 11.4 Å². The van der Waals surface area contributed by atoms with E-state index < -0.39 is 11.9 Å². The van der Waals surface area contributed by atoms with E-state index >= 15 is 0 Å². The molecule has 3 N–H and O–H groups in total. The smallest absolute Gasteiger partial charge is 0.339 e. The Morgan fingerprint density at radius 3 is 2.81 bits per heavy atom. The van der Waals surface area contributed by atoms with Crippen molar-refractivity contribution in [2.45, 2.75) is 0 Å². The van der Waals surface area contributed by atoms with E-state index in [1.165, 1.54) is 31.5 Å². The molecule has 0 aliphatic rings. The van der Waals surface area contributed by atoms with Gasteiger partial charge in [0.15, 0.2) is 0 Å². The average molecular weight is 222 g/mol. The van der Waals surface area contributed by atoms with Crippen LogP contribution in [0.25, 0.3) is 6.08 Å². The lowest BCUT2D eigenvalue weighted by Crippen LogP contribution is -2.04. The van der Waals surface area contributed by atoms with E-state index in [0.717, 1.165) is 0 Å². The van der Waals surface area contributed by atoms with Gasteiger partial charge in [-0.2, -0.15) is 0 Å². The number of nitrogens with two attached hydrogens (primary N) is 1. The molecule has 0 amide bonds. The van der Waals surface area contributed by atoms with Crippen LogP contribution in [-0.4, -0.2) is 29.1 Å². The van der Waals surface area contributed by atoms with Gasteiger partial charge in [-0.1, -0.05) is 0 Å². The van der Waals surface area contributed by atoms with E-state index in [-0.39, 0.29) is 11.4 Å². The Bertz CT molecular complexity index is 454. The van der Waals surface area contributed by atoms with Crippen molar-refractivity contribution in [3.8, 4) is 0 Å². The number of carbonyl (C=O) groups is 2. The Balaban J connectivity index is 2.99. The number of rotatable bonds is 3. The minimum Gasteiger partial charge on any atom is -0.478 e. The monoisotopic (exact) mass is 222 g/mol. The number of esters is 1. The van der Waals surface area contributed by atoms with Gasteiger partial charge in [0.05, 0.1) is 7.11 Å². The molecule has 0 atom stereocenters. The summed E-state index contributed by atoms with van der Waals surface area (Å²) in [5.41, 5.74) is 5.72. The predicted molar refractivity (Wildman–Crippen MR) is 56.7 cm³/mol. The third-order valence-electron chi connectivity index (χ3n) is 1.78. The molecule has 0 unspecified atom stereocenters. The Morgan fingerprint density at radius 2 is 2.25 bits per heavy atom. The van der Waals surface area contributed by atoms with Crippen molar-refractivity contribution in [3.05, 3.63) is 29.5 Å². The van der Waals surface area contributed by atoms with E-state index in [1.54, 1.807) is 0 Å². The number of carbonyl (C=O) groups excluding carboxylic acids is 1. The first-order chi connectivity index (χ1) is 7.54. The highest BCUT2D eigenvalue weighted by Gasteiger charge is 2.08. The number of ether oxygens (including phenoxy) is 1. The molecule has 0 radical (unpaired) electrons. The number of aromatic nitrogens is 1. The first kappa shape index (κ1) is 11.7. The second kappa shape index (κ2) is 4.92. The van der Waals surface area contributed by atoms with E-state index in [4.69, 9.17) is 10.8 Å². The first-order valence-electron chi connectivity index (χ1n) is 4.29. The van der Waals surface area contributed by atoms with E-state index in [2.05, 4.69) is 9.72 Å². The van der Waals surface area contributed by atoms with Crippen molar-refractivity contribution in [1.82, 2.24) is 4.98 Å². The highest BCUT2D eigenvalue weighted by molar-refractivity contribution is 5.93. The zero-order valence-corrected chi connectivity index (χ0v) is 8.51. The normalized spacial score (nSPS) is 10.3. The molecule has 0 saturated carbocycles. The lowest BCUT2D eigenvalue weighted by molar-refractivity contribution is -0.134. The number of pyridine rings is 1. The quantitative estimate of drug-likeness (QED) is 0.571. The van der Waals surface area contributed by atoms with Gasteiger partial charge < -0.3 is 15.6 Å². The van der Waals surface area contributed by atoms with Crippen LogP contribution in [0, 0.1) is 0 Å². The third kappa shape index (κ3) is 2.81. The van der Waals surface area contributed by atoms with Crippen LogP contribution in [0.15, 0.2) is 18.3 Å². The van der Waals surface area contributed by atoms with Gasteiger partial charge in [-0.15, -0.1) is 0 Å². The Hall–Kier alpha value is -2.37. The number of anilines is 1. The molecule has 0 bridgehead atoms. The van der Waals surface area contributed by atoms with Crippen LogP contribution in [-0.2, 0) is 9.53 Å². The molecule has 0 aromatic carbocycles. The van der Waals surface area contributed by atoms with Crippen LogP contribution < -0.4 is 5.73 Å². The SMILES string of the molecule is COC(=O)C=Cc1cnc(N)c(C(=O)O)c1. The number of aromatic carboxylic acids is 1. The van der Waals surface area contributed by atoms with Crippen molar-refractivity contribution in [1.29, 1.82) is 0 Å². The molecule has 1 rings (SSSR count). The molecule has 6 nitrogen and oxygen atoms in total. The average Bonchev–Trinajstić information content (AvgIpc) is 2.27. The minimum atomic E-state index is -1.17. The number of hydrogen-bond donors (Lipinski definition) is 2. The summed E-state index contributed by atoms with van der Waals surface area (Å²) in [4.78, 5) is 25.2. The number of methoxy groups -OCH3 is 1. The highest BCUT2D eigenvalue weighted by atomic mass is 16.5. The lowest BCUT2D eigenvalue weighted by atomic mass is 10.2. The molecule has 0 saturated heterocycles. The molecule has 1 heterocycles. The standard InChI is InChI=1S/C10H10N2O4/c1-16-8(13)3-2-6-4-7(10(14)15)9(11)12-5-6/h2-5H,1H3,(H2,11,12)(H,14,15). The topological polar surface area (TPSA) is 103 Å². The molecule has 0 fully saturated rings. The molecule has 16 heavy (non-hydrogen) atoms. The number of carboxylic acids is 1. The van der Waals surface area contributed by atoms with Crippen molar-refractivity contribution in [2.24, 2.45) is 0 Å². The van der Waals surface area contributed by atoms with Gasteiger partial charge in [-0.05, 0) is 17.7 Å². The van der Waals surface area contributed by atoms with Crippen LogP contribution in [0.3, 0.4) is 0 Å². The lowest BCUT2D eigenvalue weighted by Gasteiger charge is -2.00.